The van der Waals surface area contributed by atoms with Gasteiger partial charge in [-0.2, -0.15) is 0 Å². The molecule has 0 unspecified atom stereocenters. The van der Waals surface area contributed by atoms with E-state index in [4.69, 9.17) is 4.74 Å². The molecule has 0 aliphatic rings. The van der Waals surface area contributed by atoms with Gasteiger partial charge in [-0.15, -0.1) is 0 Å². The van der Waals surface area contributed by atoms with Crippen LogP contribution in [0.1, 0.15) is 65.3 Å². The van der Waals surface area contributed by atoms with Crippen molar-refractivity contribution >= 4 is 23.2 Å². The summed E-state index contributed by atoms with van der Waals surface area (Å²) >= 11 is 0. The van der Waals surface area contributed by atoms with Crippen LogP contribution in [0.15, 0.2) is 72.8 Å². The summed E-state index contributed by atoms with van der Waals surface area (Å²) in [5, 5.41) is 5.77. The smallest absolute Gasteiger partial charge is 0.255 e. The van der Waals surface area contributed by atoms with Crippen molar-refractivity contribution in [3.8, 4) is 5.75 Å². The third-order valence-electron chi connectivity index (χ3n) is 5.40. The summed E-state index contributed by atoms with van der Waals surface area (Å²) in [6, 6.07) is 21.7. The number of rotatable bonds is 11. The van der Waals surface area contributed by atoms with Gasteiger partial charge >= 0.3 is 0 Å². The summed E-state index contributed by atoms with van der Waals surface area (Å²) in [6.45, 7) is 4.79. The zero-order valence-electron chi connectivity index (χ0n) is 19.4. The van der Waals surface area contributed by atoms with Crippen LogP contribution in [-0.4, -0.2) is 18.4 Å². The Bertz CT molecular complexity index is 1060. The zero-order chi connectivity index (χ0) is 23.5. The maximum absolute atomic E-state index is 12.6. The molecular formula is C28H32N2O3. The minimum Gasteiger partial charge on any atom is -0.494 e. The molecule has 3 aromatic carbocycles. The quantitative estimate of drug-likeness (QED) is 0.318. The van der Waals surface area contributed by atoms with E-state index in [9.17, 15) is 9.59 Å². The fourth-order valence-corrected chi connectivity index (χ4v) is 3.50. The van der Waals surface area contributed by atoms with Crippen molar-refractivity contribution < 1.29 is 14.3 Å². The van der Waals surface area contributed by atoms with E-state index in [-0.39, 0.29) is 11.8 Å². The Morgan fingerprint density at radius 2 is 1.42 bits per heavy atom. The summed E-state index contributed by atoms with van der Waals surface area (Å²) in [6.07, 6.45) is 5.97. The highest BCUT2D eigenvalue weighted by Crippen LogP contribution is 2.19. The van der Waals surface area contributed by atoms with Crippen molar-refractivity contribution in [1.82, 2.24) is 0 Å². The highest BCUT2D eigenvalue weighted by atomic mass is 16.5. The average Bonchev–Trinajstić information content (AvgIpc) is 2.82. The number of hydrogen-bond donors (Lipinski definition) is 2. The Balaban J connectivity index is 1.53. The molecule has 33 heavy (non-hydrogen) atoms. The van der Waals surface area contributed by atoms with E-state index in [1.807, 2.05) is 37.3 Å². The Kier molecular flexibility index (Phi) is 9.07. The van der Waals surface area contributed by atoms with E-state index in [0.717, 1.165) is 17.7 Å². The number of benzene rings is 3. The molecule has 0 aromatic heterocycles. The minimum atomic E-state index is -0.219. The Labute approximate surface area is 196 Å². The van der Waals surface area contributed by atoms with Gasteiger partial charge in [0.1, 0.15) is 5.75 Å². The molecule has 0 saturated heterocycles. The minimum absolute atomic E-state index is 0.183. The van der Waals surface area contributed by atoms with E-state index in [2.05, 4.69) is 17.6 Å². The normalized spacial score (nSPS) is 10.5. The lowest BCUT2D eigenvalue weighted by Gasteiger charge is -2.11. The number of aryl methyl sites for hydroxylation is 1. The predicted molar refractivity (Wildman–Crippen MR) is 134 cm³/mol. The Morgan fingerprint density at radius 1 is 0.758 bits per heavy atom. The van der Waals surface area contributed by atoms with Crippen molar-refractivity contribution in [2.75, 3.05) is 17.2 Å². The Hall–Kier alpha value is -3.60. The van der Waals surface area contributed by atoms with Gasteiger partial charge in [0.25, 0.3) is 11.8 Å². The molecule has 3 rings (SSSR count). The number of unbranched alkanes of at least 4 members (excludes halogenated alkanes) is 4. The zero-order valence-corrected chi connectivity index (χ0v) is 19.4. The van der Waals surface area contributed by atoms with Gasteiger partial charge in [0, 0.05) is 22.5 Å². The molecule has 5 nitrogen and oxygen atoms in total. The maximum Gasteiger partial charge on any atom is 0.255 e. The number of carbonyl (C=O) groups excluding carboxylic acids is 2. The van der Waals surface area contributed by atoms with E-state index in [1.54, 1.807) is 42.5 Å². The van der Waals surface area contributed by atoms with Crippen LogP contribution in [0.4, 0.5) is 11.4 Å². The van der Waals surface area contributed by atoms with E-state index in [1.165, 1.54) is 25.7 Å². The second kappa shape index (κ2) is 12.4. The van der Waals surface area contributed by atoms with Gasteiger partial charge in [0.05, 0.1) is 6.61 Å². The van der Waals surface area contributed by atoms with Crippen LogP contribution in [0.3, 0.4) is 0 Å². The molecule has 0 aliphatic carbocycles. The van der Waals surface area contributed by atoms with Gasteiger partial charge in [-0.3, -0.25) is 9.59 Å². The molecule has 0 atom stereocenters. The molecular weight excluding hydrogens is 412 g/mol. The van der Waals surface area contributed by atoms with E-state index in [0.29, 0.717) is 29.1 Å². The monoisotopic (exact) mass is 444 g/mol. The topological polar surface area (TPSA) is 67.4 Å². The van der Waals surface area contributed by atoms with Crippen molar-refractivity contribution in [2.45, 2.75) is 46.0 Å². The summed E-state index contributed by atoms with van der Waals surface area (Å²) in [5.74, 6) is 0.365. The molecule has 2 N–H and O–H groups in total. The van der Waals surface area contributed by atoms with Crippen molar-refractivity contribution in [2.24, 2.45) is 0 Å². The lowest BCUT2D eigenvalue weighted by atomic mass is 10.1. The number of hydrogen-bond acceptors (Lipinski definition) is 3. The predicted octanol–water partition coefficient (Wildman–Crippen LogP) is 6.85. The van der Waals surface area contributed by atoms with Gasteiger partial charge in [0.2, 0.25) is 0 Å². The largest absolute Gasteiger partial charge is 0.494 e. The van der Waals surface area contributed by atoms with Crippen LogP contribution in [0.25, 0.3) is 0 Å². The third kappa shape index (κ3) is 7.49. The molecule has 0 heterocycles. The first kappa shape index (κ1) is 24.1. The fourth-order valence-electron chi connectivity index (χ4n) is 3.50. The second-order valence-corrected chi connectivity index (χ2v) is 8.09. The number of nitrogens with one attached hydrogen (secondary N) is 2. The lowest BCUT2D eigenvalue weighted by molar-refractivity contribution is 0.101. The number of carbonyl (C=O) groups is 2. The van der Waals surface area contributed by atoms with E-state index < -0.39 is 0 Å². The van der Waals surface area contributed by atoms with Crippen LogP contribution in [0.5, 0.6) is 5.75 Å². The summed E-state index contributed by atoms with van der Waals surface area (Å²) in [7, 11) is 0. The first-order valence-electron chi connectivity index (χ1n) is 11.6. The van der Waals surface area contributed by atoms with E-state index >= 15 is 0 Å². The van der Waals surface area contributed by atoms with Crippen molar-refractivity contribution in [1.29, 1.82) is 0 Å². The van der Waals surface area contributed by atoms with Crippen molar-refractivity contribution in [3.63, 3.8) is 0 Å². The highest BCUT2D eigenvalue weighted by Gasteiger charge is 2.10. The number of amides is 2. The van der Waals surface area contributed by atoms with Crippen LogP contribution >= 0.6 is 0 Å². The van der Waals surface area contributed by atoms with Gasteiger partial charge in [-0.25, -0.2) is 0 Å². The molecule has 0 fully saturated rings. The first-order chi connectivity index (χ1) is 16.1. The van der Waals surface area contributed by atoms with Gasteiger partial charge < -0.3 is 15.4 Å². The summed E-state index contributed by atoms with van der Waals surface area (Å²) < 4.78 is 5.76. The average molecular weight is 445 g/mol. The molecule has 0 aliphatic heterocycles. The highest BCUT2D eigenvalue weighted by molar-refractivity contribution is 6.07. The molecule has 0 saturated carbocycles. The van der Waals surface area contributed by atoms with Gasteiger partial charge in [-0.05, 0) is 67.4 Å². The third-order valence-corrected chi connectivity index (χ3v) is 5.40. The van der Waals surface area contributed by atoms with Gasteiger partial charge in [-0.1, -0.05) is 56.9 Å². The second-order valence-electron chi connectivity index (χ2n) is 8.09. The number of anilines is 2. The SMILES string of the molecule is CCCCCCCOc1ccc(C(=O)Nc2cccc(NC(=O)c3ccccc3C)c2)cc1. The molecule has 3 aromatic rings. The molecule has 172 valence electrons. The maximum atomic E-state index is 12.6. The van der Waals surface area contributed by atoms with Crippen LogP contribution < -0.4 is 15.4 Å². The summed E-state index contributed by atoms with van der Waals surface area (Å²) in [5.41, 5.74) is 3.29. The summed E-state index contributed by atoms with van der Waals surface area (Å²) in [4.78, 5) is 25.2. The van der Waals surface area contributed by atoms with Crippen LogP contribution in [-0.2, 0) is 0 Å². The molecule has 0 radical (unpaired) electrons. The first-order valence-corrected chi connectivity index (χ1v) is 11.6. The Morgan fingerprint density at radius 3 is 2.12 bits per heavy atom. The van der Waals surface area contributed by atoms with Gasteiger partial charge in [0.15, 0.2) is 0 Å². The molecule has 0 spiro atoms. The standard InChI is InChI=1S/C28H32N2O3/c1-3-4-5-6-9-19-33-25-17-15-22(16-18-25)27(31)29-23-12-10-13-24(20-23)30-28(32)26-14-8-7-11-21(26)2/h7-8,10-18,20H,3-6,9,19H2,1-2H3,(H,29,31)(H,30,32). The molecule has 5 heteroatoms. The van der Waals surface area contributed by atoms with Crippen LogP contribution in [0.2, 0.25) is 0 Å². The lowest BCUT2D eigenvalue weighted by Crippen LogP contribution is -2.14. The van der Waals surface area contributed by atoms with Crippen LogP contribution in [0, 0.1) is 6.92 Å². The molecule has 0 bridgehead atoms. The number of ether oxygens (including phenoxy) is 1. The van der Waals surface area contributed by atoms with Crippen molar-refractivity contribution in [3.05, 3.63) is 89.5 Å². The molecule has 2 amide bonds. The fraction of sp³-hybridized carbons (Fsp3) is 0.286.